The molecule has 0 N–H and O–H groups in total. The van der Waals surface area contributed by atoms with E-state index in [-0.39, 0.29) is 0 Å². The van der Waals surface area contributed by atoms with Crippen LogP contribution >= 0.6 is 11.6 Å². The highest BCUT2D eigenvalue weighted by molar-refractivity contribution is 6.32. The van der Waals surface area contributed by atoms with E-state index in [1.54, 1.807) is 37.4 Å². The average Bonchev–Trinajstić information content (AvgIpc) is 2.41. The molecule has 0 bridgehead atoms. The summed E-state index contributed by atoms with van der Waals surface area (Å²) in [6.07, 6.45) is 0. The Morgan fingerprint density at radius 3 is 2.37 bits per heavy atom. The van der Waals surface area contributed by atoms with Crippen LogP contribution in [0, 0.1) is 6.92 Å². The number of hydrogen-bond donors (Lipinski definition) is 0. The first-order valence-electron chi connectivity index (χ1n) is 5.72. The number of carbonyl (C=O) groups excluding carboxylic acids is 1. The van der Waals surface area contributed by atoms with Crippen molar-refractivity contribution >= 4 is 17.6 Å². The van der Waals surface area contributed by atoms with E-state index in [1.807, 2.05) is 19.1 Å². The minimum absolute atomic E-state index is 0.313. The molecular formula is C15H13ClO3. The Labute approximate surface area is 116 Å². The maximum atomic E-state index is 11.9. The second-order valence-corrected chi connectivity index (χ2v) is 4.46. The third-order valence-electron chi connectivity index (χ3n) is 2.63. The van der Waals surface area contributed by atoms with Crippen LogP contribution in [0.2, 0.25) is 5.02 Å². The van der Waals surface area contributed by atoms with Gasteiger partial charge in [-0.1, -0.05) is 29.3 Å². The molecular weight excluding hydrogens is 264 g/mol. The van der Waals surface area contributed by atoms with E-state index in [1.165, 1.54) is 0 Å². The second-order valence-electron chi connectivity index (χ2n) is 4.05. The Bertz CT molecular complexity index is 591. The van der Waals surface area contributed by atoms with Crippen molar-refractivity contribution < 1.29 is 14.3 Å². The van der Waals surface area contributed by atoms with Crippen molar-refractivity contribution in [3.63, 3.8) is 0 Å². The Kier molecular flexibility index (Phi) is 4.07. The molecule has 0 saturated heterocycles. The Balaban J connectivity index is 2.17. The number of rotatable bonds is 3. The first-order valence-corrected chi connectivity index (χ1v) is 6.10. The zero-order valence-corrected chi connectivity index (χ0v) is 11.4. The van der Waals surface area contributed by atoms with Gasteiger partial charge in [0.1, 0.15) is 11.5 Å². The first-order chi connectivity index (χ1) is 9.10. The second kappa shape index (κ2) is 5.76. The molecule has 2 aromatic rings. The number of hydrogen-bond acceptors (Lipinski definition) is 3. The topological polar surface area (TPSA) is 35.5 Å². The zero-order valence-electron chi connectivity index (χ0n) is 10.6. The molecule has 0 atom stereocenters. The van der Waals surface area contributed by atoms with Crippen LogP contribution in [-0.4, -0.2) is 13.1 Å². The fraction of sp³-hybridized carbons (Fsp3) is 0.133. The fourth-order valence-corrected chi connectivity index (χ4v) is 1.75. The molecule has 3 nitrogen and oxygen atoms in total. The minimum Gasteiger partial charge on any atom is -0.497 e. The van der Waals surface area contributed by atoms with E-state index in [9.17, 15) is 4.79 Å². The molecule has 19 heavy (non-hydrogen) atoms. The van der Waals surface area contributed by atoms with E-state index in [0.29, 0.717) is 22.1 Å². The van der Waals surface area contributed by atoms with Crippen molar-refractivity contribution in [2.75, 3.05) is 7.11 Å². The Morgan fingerprint density at radius 1 is 1.11 bits per heavy atom. The van der Waals surface area contributed by atoms with Crippen LogP contribution in [0.25, 0.3) is 0 Å². The van der Waals surface area contributed by atoms with E-state index in [0.717, 1.165) is 5.56 Å². The molecule has 0 heterocycles. The normalized spacial score (nSPS) is 10.1. The number of aryl methyl sites for hydroxylation is 1. The highest BCUT2D eigenvalue weighted by atomic mass is 35.5. The van der Waals surface area contributed by atoms with Crippen LogP contribution in [0.4, 0.5) is 0 Å². The maximum Gasteiger partial charge on any atom is 0.343 e. The SMILES string of the molecule is COc1ccc(OC(=O)c2ccc(C)cc2)c(Cl)c1. The summed E-state index contributed by atoms with van der Waals surface area (Å²) in [5.41, 5.74) is 1.57. The van der Waals surface area contributed by atoms with Crippen LogP contribution in [0.5, 0.6) is 11.5 Å². The van der Waals surface area contributed by atoms with Crippen LogP contribution in [0.3, 0.4) is 0 Å². The highest BCUT2D eigenvalue weighted by Gasteiger charge is 2.11. The maximum absolute atomic E-state index is 11.9. The smallest absolute Gasteiger partial charge is 0.343 e. The predicted octanol–water partition coefficient (Wildman–Crippen LogP) is 3.88. The van der Waals surface area contributed by atoms with Crippen molar-refractivity contribution in [1.29, 1.82) is 0 Å². The van der Waals surface area contributed by atoms with Gasteiger partial charge in [-0.25, -0.2) is 4.79 Å². The molecule has 0 spiro atoms. The lowest BCUT2D eigenvalue weighted by Gasteiger charge is -2.07. The van der Waals surface area contributed by atoms with Gasteiger partial charge in [0.05, 0.1) is 17.7 Å². The van der Waals surface area contributed by atoms with Crippen molar-refractivity contribution in [2.45, 2.75) is 6.92 Å². The summed E-state index contributed by atoms with van der Waals surface area (Å²) in [6, 6.07) is 12.0. The third-order valence-corrected chi connectivity index (χ3v) is 2.92. The molecule has 0 aliphatic heterocycles. The summed E-state index contributed by atoms with van der Waals surface area (Å²) in [4.78, 5) is 11.9. The lowest BCUT2D eigenvalue weighted by molar-refractivity contribution is 0.0734. The molecule has 0 amide bonds. The van der Waals surface area contributed by atoms with Crippen molar-refractivity contribution in [2.24, 2.45) is 0 Å². The van der Waals surface area contributed by atoms with Crippen LogP contribution in [0.15, 0.2) is 42.5 Å². The molecule has 4 heteroatoms. The molecule has 0 aromatic heterocycles. The van der Waals surface area contributed by atoms with Gasteiger partial charge in [-0.05, 0) is 31.2 Å². The van der Waals surface area contributed by atoms with Gasteiger partial charge in [-0.2, -0.15) is 0 Å². The lowest BCUT2D eigenvalue weighted by Crippen LogP contribution is -2.08. The van der Waals surface area contributed by atoms with Gasteiger partial charge < -0.3 is 9.47 Å². The number of benzene rings is 2. The van der Waals surface area contributed by atoms with Crippen molar-refractivity contribution in [1.82, 2.24) is 0 Å². The Hall–Kier alpha value is -2.00. The van der Waals surface area contributed by atoms with E-state index >= 15 is 0 Å². The summed E-state index contributed by atoms with van der Waals surface area (Å²) >= 11 is 6.01. The van der Waals surface area contributed by atoms with E-state index < -0.39 is 5.97 Å². The quantitative estimate of drug-likeness (QED) is 0.630. The number of carbonyl (C=O) groups is 1. The molecule has 0 aliphatic carbocycles. The van der Waals surface area contributed by atoms with E-state index in [2.05, 4.69) is 0 Å². The predicted molar refractivity (Wildman–Crippen MR) is 74.1 cm³/mol. The van der Waals surface area contributed by atoms with Gasteiger partial charge in [0, 0.05) is 6.07 Å². The van der Waals surface area contributed by atoms with Gasteiger partial charge in [-0.15, -0.1) is 0 Å². The van der Waals surface area contributed by atoms with Gasteiger partial charge >= 0.3 is 5.97 Å². The fourth-order valence-electron chi connectivity index (χ4n) is 1.54. The van der Waals surface area contributed by atoms with Crippen molar-refractivity contribution in [3.05, 3.63) is 58.6 Å². The summed E-state index contributed by atoms with van der Waals surface area (Å²) in [5.74, 6) is 0.486. The monoisotopic (exact) mass is 276 g/mol. The summed E-state index contributed by atoms with van der Waals surface area (Å²) < 4.78 is 10.3. The molecule has 0 aliphatic rings. The summed E-state index contributed by atoms with van der Waals surface area (Å²) in [6.45, 7) is 1.95. The highest BCUT2D eigenvalue weighted by Crippen LogP contribution is 2.29. The van der Waals surface area contributed by atoms with E-state index in [4.69, 9.17) is 21.1 Å². The number of methoxy groups -OCH3 is 1. The summed E-state index contributed by atoms with van der Waals surface area (Å²) in [7, 11) is 1.55. The zero-order chi connectivity index (χ0) is 13.8. The van der Waals surface area contributed by atoms with Crippen molar-refractivity contribution in [3.8, 4) is 11.5 Å². The molecule has 2 aromatic carbocycles. The first kappa shape index (κ1) is 13.4. The van der Waals surface area contributed by atoms with Gasteiger partial charge in [0.25, 0.3) is 0 Å². The van der Waals surface area contributed by atoms with Crippen LogP contribution in [-0.2, 0) is 0 Å². The number of halogens is 1. The third kappa shape index (κ3) is 3.26. The average molecular weight is 277 g/mol. The Morgan fingerprint density at radius 2 is 1.79 bits per heavy atom. The molecule has 0 saturated carbocycles. The minimum atomic E-state index is -0.438. The standard InChI is InChI=1S/C15H13ClO3/c1-10-3-5-11(6-4-10)15(17)19-14-8-7-12(18-2)9-13(14)16/h3-9H,1-2H3. The number of ether oxygens (including phenoxy) is 2. The number of esters is 1. The molecule has 98 valence electrons. The van der Waals surface area contributed by atoms with Crippen LogP contribution < -0.4 is 9.47 Å². The summed E-state index contributed by atoms with van der Waals surface area (Å²) in [5, 5.41) is 0.333. The van der Waals surface area contributed by atoms with Gasteiger partial charge in [0.2, 0.25) is 0 Å². The molecule has 0 fully saturated rings. The molecule has 0 unspecified atom stereocenters. The lowest BCUT2D eigenvalue weighted by atomic mass is 10.1. The van der Waals surface area contributed by atoms with Crippen LogP contribution in [0.1, 0.15) is 15.9 Å². The van der Waals surface area contributed by atoms with Gasteiger partial charge in [-0.3, -0.25) is 0 Å². The molecule has 2 rings (SSSR count). The largest absolute Gasteiger partial charge is 0.497 e. The van der Waals surface area contributed by atoms with Gasteiger partial charge in [0.15, 0.2) is 0 Å². The molecule has 0 radical (unpaired) electrons.